The first-order chi connectivity index (χ1) is 10.5. The second-order valence-corrected chi connectivity index (χ2v) is 5.73. The monoisotopic (exact) mass is 308 g/mol. The van der Waals surface area contributed by atoms with E-state index in [0.29, 0.717) is 5.92 Å². The number of carboxylic acids is 1. The average Bonchev–Trinajstić information content (AvgIpc) is 2.42. The van der Waals surface area contributed by atoms with Crippen molar-refractivity contribution in [3.63, 3.8) is 0 Å². The van der Waals surface area contributed by atoms with Gasteiger partial charge < -0.3 is 15.3 Å². The Morgan fingerprint density at radius 1 is 1.36 bits per heavy atom. The van der Waals surface area contributed by atoms with Crippen molar-refractivity contribution in [1.29, 1.82) is 0 Å². The second kappa shape index (κ2) is 7.24. The van der Waals surface area contributed by atoms with Crippen molar-refractivity contribution in [3.8, 4) is 0 Å². The molecule has 2 amide bonds. The topological polar surface area (TPSA) is 69.6 Å². The molecule has 0 aliphatic heterocycles. The summed E-state index contributed by atoms with van der Waals surface area (Å²) in [7, 11) is 1.57. The van der Waals surface area contributed by atoms with Gasteiger partial charge in [-0.25, -0.2) is 9.18 Å². The molecule has 0 aromatic heterocycles. The van der Waals surface area contributed by atoms with Crippen LogP contribution in [0.3, 0.4) is 0 Å². The molecule has 1 aliphatic rings. The fourth-order valence-electron chi connectivity index (χ4n) is 2.52. The Labute approximate surface area is 129 Å². The summed E-state index contributed by atoms with van der Waals surface area (Å²) in [5.41, 5.74) is 0.881. The first-order valence-corrected chi connectivity index (χ1v) is 7.46. The summed E-state index contributed by atoms with van der Waals surface area (Å²) in [5, 5.41) is 11.6. The molecule has 0 bridgehead atoms. The van der Waals surface area contributed by atoms with Crippen molar-refractivity contribution >= 4 is 12.0 Å². The normalized spacial score (nSPS) is 15.7. The molecule has 0 saturated heterocycles. The van der Waals surface area contributed by atoms with E-state index in [1.807, 2.05) is 0 Å². The number of urea groups is 1. The van der Waals surface area contributed by atoms with Crippen LogP contribution in [0.1, 0.15) is 37.3 Å². The van der Waals surface area contributed by atoms with E-state index in [0.717, 1.165) is 24.8 Å². The summed E-state index contributed by atoms with van der Waals surface area (Å²) in [6, 6.07) is 5.70. The number of nitrogens with zero attached hydrogens (tertiary/aromatic N) is 1. The third-order valence-electron chi connectivity index (χ3n) is 4.14. The summed E-state index contributed by atoms with van der Waals surface area (Å²) < 4.78 is 13.1. The molecule has 1 aromatic carbocycles. The zero-order chi connectivity index (χ0) is 16.1. The van der Waals surface area contributed by atoms with Crippen LogP contribution >= 0.6 is 0 Å². The number of hydrogen-bond acceptors (Lipinski definition) is 2. The average molecular weight is 308 g/mol. The van der Waals surface area contributed by atoms with Gasteiger partial charge >= 0.3 is 12.0 Å². The van der Waals surface area contributed by atoms with Crippen LogP contribution in [0.4, 0.5) is 9.18 Å². The van der Waals surface area contributed by atoms with E-state index in [2.05, 4.69) is 5.32 Å². The summed E-state index contributed by atoms with van der Waals surface area (Å²) in [6.07, 6.45) is 3.10. The lowest BCUT2D eigenvalue weighted by atomic mass is 9.77. The van der Waals surface area contributed by atoms with E-state index in [1.54, 1.807) is 19.2 Å². The predicted octanol–water partition coefficient (Wildman–Crippen LogP) is 2.78. The molecule has 1 aromatic rings. The van der Waals surface area contributed by atoms with Gasteiger partial charge in [-0.15, -0.1) is 0 Å². The van der Waals surface area contributed by atoms with Crippen LogP contribution in [0.2, 0.25) is 0 Å². The molecule has 1 atom stereocenters. The maximum atomic E-state index is 13.1. The quantitative estimate of drug-likeness (QED) is 0.849. The van der Waals surface area contributed by atoms with Crippen LogP contribution in [0, 0.1) is 11.7 Å². The van der Waals surface area contributed by atoms with E-state index in [-0.39, 0.29) is 30.9 Å². The van der Waals surface area contributed by atoms with Gasteiger partial charge in [-0.3, -0.25) is 4.79 Å². The SMILES string of the molecule is CN(CCC(=O)O)C(=O)NC(c1ccc(F)cc1)C1CCC1. The van der Waals surface area contributed by atoms with Crippen LogP contribution in [0.25, 0.3) is 0 Å². The number of carbonyl (C=O) groups is 2. The molecule has 1 fully saturated rings. The minimum absolute atomic E-state index is 0.0887. The van der Waals surface area contributed by atoms with Crippen molar-refractivity contribution in [1.82, 2.24) is 10.2 Å². The lowest BCUT2D eigenvalue weighted by Crippen LogP contribution is -2.43. The van der Waals surface area contributed by atoms with Crippen LogP contribution < -0.4 is 5.32 Å². The van der Waals surface area contributed by atoms with Gasteiger partial charge in [0.2, 0.25) is 0 Å². The third-order valence-corrected chi connectivity index (χ3v) is 4.14. The van der Waals surface area contributed by atoms with Crippen LogP contribution in [0.5, 0.6) is 0 Å². The van der Waals surface area contributed by atoms with Crippen molar-refractivity contribution in [2.24, 2.45) is 5.92 Å². The molecule has 0 spiro atoms. The number of nitrogens with one attached hydrogen (secondary N) is 1. The zero-order valence-corrected chi connectivity index (χ0v) is 12.6. The zero-order valence-electron chi connectivity index (χ0n) is 12.6. The largest absolute Gasteiger partial charge is 0.481 e. The lowest BCUT2D eigenvalue weighted by Gasteiger charge is -2.35. The van der Waals surface area contributed by atoms with Gasteiger partial charge in [0.1, 0.15) is 5.82 Å². The minimum Gasteiger partial charge on any atom is -0.481 e. The molecule has 0 heterocycles. The number of carbonyl (C=O) groups excluding carboxylic acids is 1. The molecule has 0 radical (unpaired) electrons. The Morgan fingerprint density at radius 2 is 2.00 bits per heavy atom. The number of halogens is 1. The molecule has 1 aliphatic carbocycles. The van der Waals surface area contributed by atoms with Crippen LogP contribution in [-0.2, 0) is 4.79 Å². The van der Waals surface area contributed by atoms with E-state index in [9.17, 15) is 14.0 Å². The number of rotatable bonds is 6. The van der Waals surface area contributed by atoms with Crippen molar-refractivity contribution in [3.05, 3.63) is 35.6 Å². The number of amides is 2. The van der Waals surface area contributed by atoms with Crippen molar-refractivity contribution in [2.45, 2.75) is 31.7 Å². The fraction of sp³-hybridized carbons (Fsp3) is 0.500. The molecule has 120 valence electrons. The summed E-state index contributed by atoms with van der Waals surface area (Å²) in [6.45, 7) is 0.155. The highest BCUT2D eigenvalue weighted by molar-refractivity contribution is 5.75. The Kier molecular flexibility index (Phi) is 5.35. The number of aliphatic carboxylic acids is 1. The predicted molar refractivity (Wildman–Crippen MR) is 79.9 cm³/mol. The maximum Gasteiger partial charge on any atom is 0.317 e. The van der Waals surface area contributed by atoms with Gasteiger partial charge in [0, 0.05) is 13.6 Å². The van der Waals surface area contributed by atoms with E-state index in [1.165, 1.54) is 17.0 Å². The smallest absolute Gasteiger partial charge is 0.317 e. The standard InChI is InChI=1S/C16H21FN2O3/c1-19(10-9-14(20)21)16(22)18-15(11-3-2-4-11)12-5-7-13(17)8-6-12/h5-8,11,15H,2-4,9-10H2,1H3,(H,18,22)(H,20,21). The van der Waals surface area contributed by atoms with Gasteiger partial charge in [0.15, 0.2) is 0 Å². The van der Waals surface area contributed by atoms with E-state index >= 15 is 0 Å². The number of carboxylic acid groups (broad SMARTS) is 1. The van der Waals surface area contributed by atoms with Crippen molar-refractivity contribution < 1.29 is 19.1 Å². The summed E-state index contributed by atoms with van der Waals surface area (Å²) in [5.74, 6) is -0.892. The van der Waals surface area contributed by atoms with Gasteiger partial charge in [-0.05, 0) is 36.5 Å². The molecule has 2 N–H and O–H groups in total. The minimum atomic E-state index is -0.936. The molecular weight excluding hydrogens is 287 g/mol. The maximum absolute atomic E-state index is 13.1. The van der Waals surface area contributed by atoms with Crippen molar-refractivity contribution in [2.75, 3.05) is 13.6 Å². The third kappa shape index (κ3) is 4.19. The second-order valence-electron chi connectivity index (χ2n) is 5.73. The Morgan fingerprint density at radius 3 is 2.50 bits per heavy atom. The molecule has 1 saturated carbocycles. The Bertz CT molecular complexity index is 529. The first kappa shape index (κ1) is 16.3. The van der Waals surface area contributed by atoms with E-state index in [4.69, 9.17) is 5.11 Å². The number of benzene rings is 1. The fourth-order valence-corrected chi connectivity index (χ4v) is 2.52. The highest BCUT2D eigenvalue weighted by Crippen LogP contribution is 2.37. The molecule has 22 heavy (non-hydrogen) atoms. The van der Waals surface area contributed by atoms with Gasteiger partial charge in [-0.2, -0.15) is 0 Å². The Hall–Kier alpha value is -2.11. The lowest BCUT2D eigenvalue weighted by molar-refractivity contribution is -0.137. The van der Waals surface area contributed by atoms with Gasteiger partial charge in [0.05, 0.1) is 12.5 Å². The van der Waals surface area contributed by atoms with E-state index < -0.39 is 5.97 Å². The highest BCUT2D eigenvalue weighted by atomic mass is 19.1. The Balaban J connectivity index is 2.02. The molecule has 5 nitrogen and oxygen atoms in total. The van der Waals surface area contributed by atoms with Gasteiger partial charge in [-0.1, -0.05) is 18.6 Å². The first-order valence-electron chi connectivity index (χ1n) is 7.46. The molecule has 6 heteroatoms. The number of hydrogen-bond donors (Lipinski definition) is 2. The van der Waals surface area contributed by atoms with Crippen LogP contribution in [-0.4, -0.2) is 35.6 Å². The van der Waals surface area contributed by atoms with Crippen LogP contribution in [0.15, 0.2) is 24.3 Å². The highest BCUT2D eigenvalue weighted by Gasteiger charge is 2.30. The molecule has 1 unspecified atom stereocenters. The summed E-state index contributed by atoms with van der Waals surface area (Å²) >= 11 is 0. The molecule has 2 rings (SSSR count). The van der Waals surface area contributed by atoms with Gasteiger partial charge in [0.25, 0.3) is 0 Å². The summed E-state index contributed by atoms with van der Waals surface area (Å²) in [4.78, 5) is 24.1. The molecular formula is C16H21FN2O3.